The number of fused-ring (bicyclic) bond motifs is 1. The van der Waals surface area contributed by atoms with Crippen LogP contribution in [0.25, 0.3) is 10.8 Å². The summed E-state index contributed by atoms with van der Waals surface area (Å²) in [5.41, 5.74) is 4.27. The fourth-order valence-corrected chi connectivity index (χ4v) is 2.35. The lowest BCUT2D eigenvalue weighted by Gasteiger charge is -2.06. The highest BCUT2D eigenvalue weighted by atomic mass is 16.3. The summed E-state index contributed by atoms with van der Waals surface area (Å²) in [5, 5.41) is 6.43. The number of nitrogens with one attached hydrogen (secondary N) is 1. The van der Waals surface area contributed by atoms with Gasteiger partial charge in [-0.3, -0.25) is 4.79 Å². The minimum Gasteiger partial charge on any atom is -0.456 e. The van der Waals surface area contributed by atoms with Gasteiger partial charge in [-0.1, -0.05) is 42.5 Å². The van der Waals surface area contributed by atoms with Crippen LogP contribution in [0.5, 0.6) is 0 Å². The van der Waals surface area contributed by atoms with Gasteiger partial charge in [0.25, 0.3) is 0 Å². The van der Waals surface area contributed by atoms with Crippen LogP contribution in [-0.2, 0) is 0 Å². The first-order valence-corrected chi connectivity index (χ1v) is 7.04. The second-order valence-corrected chi connectivity index (χ2v) is 5.08. The van der Waals surface area contributed by atoms with Crippen molar-refractivity contribution in [3.8, 4) is 0 Å². The van der Waals surface area contributed by atoms with Crippen LogP contribution >= 0.6 is 0 Å². The lowest BCUT2D eigenvalue weighted by atomic mass is 10.0. The largest absolute Gasteiger partial charge is 0.456 e. The molecule has 0 aliphatic carbocycles. The van der Waals surface area contributed by atoms with Gasteiger partial charge in [-0.15, -0.1) is 0 Å². The molecule has 0 saturated carbocycles. The Balaban J connectivity index is 1.86. The van der Waals surface area contributed by atoms with Crippen molar-refractivity contribution in [2.24, 2.45) is 5.10 Å². The maximum absolute atomic E-state index is 11.9. The first-order chi connectivity index (χ1) is 10.6. The van der Waals surface area contributed by atoms with Crippen LogP contribution in [0.1, 0.15) is 28.8 Å². The first-order valence-electron chi connectivity index (χ1n) is 7.04. The predicted molar refractivity (Wildman–Crippen MR) is 87.1 cm³/mol. The number of benzene rings is 2. The fourth-order valence-electron chi connectivity index (χ4n) is 2.35. The van der Waals surface area contributed by atoms with E-state index in [9.17, 15) is 4.79 Å². The maximum atomic E-state index is 11.9. The normalized spacial score (nSPS) is 11.6. The van der Waals surface area contributed by atoms with E-state index in [0.29, 0.717) is 5.76 Å². The van der Waals surface area contributed by atoms with E-state index in [1.165, 1.54) is 0 Å². The van der Waals surface area contributed by atoms with Crippen molar-refractivity contribution in [2.75, 3.05) is 0 Å². The van der Waals surface area contributed by atoms with E-state index < -0.39 is 0 Å². The number of rotatable bonds is 3. The van der Waals surface area contributed by atoms with Crippen molar-refractivity contribution in [3.63, 3.8) is 0 Å². The average Bonchev–Trinajstić information content (AvgIpc) is 2.98. The molecule has 110 valence electrons. The van der Waals surface area contributed by atoms with Gasteiger partial charge in [0.2, 0.25) is 0 Å². The molecule has 0 unspecified atom stereocenters. The molecule has 1 heterocycles. The minimum atomic E-state index is -0.354. The second kappa shape index (κ2) is 5.85. The van der Waals surface area contributed by atoms with Gasteiger partial charge in [0, 0.05) is 5.56 Å². The topological polar surface area (TPSA) is 54.6 Å². The van der Waals surface area contributed by atoms with E-state index in [1.54, 1.807) is 19.1 Å². The molecule has 4 nitrogen and oxygen atoms in total. The van der Waals surface area contributed by atoms with Crippen molar-refractivity contribution in [3.05, 3.63) is 71.7 Å². The third-order valence-corrected chi connectivity index (χ3v) is 3.47. The number of carbonyl (C=O) groups excluding carboxylic acids is 1. The average molecular weight is 292 g/mol. The van der Waals surface area contributed by atoms with Crippen molar-refractivity contribution >= 4 is 22.4 Å². The molecule has 1 N–H and O–H groups in total. The molecule has 0 radical (unpaired) electrons. The van der Waals surface area contributed by atoms with Gasteiger partial charge in [-0.25, -0.2) is 5.43 Å². The van der Waals surface area contributed by atoms with Crippen LogP contribution in [0, 0.1) is 6.92 Å². The molecule has 0 aliphatic rings. The molecule has 2 aromatic carbocycles. The monoisotopic (exact) mass is 292 g/mol. The van der Waals surface area contributed by atoms with Crippen LogP contribution in [-0.4, -0.2) is 11.6 Å². The Morgan fingerprint density at radius 1 is 1.05 bits per heavy atom. The zero-order valence-corrected chi connectivity index (χ0v) is 12.5. The lowest BCUT2D eigenvalue weighted by molar-refractivity contribution is 0.0926. The Bertz CT molecular complexity index is 857. The first kappa shape index (κ1) is 14.1. The van der Waals surface area contributed by atoms with E-state index >= 15 is 0 Å². The zero-order valence-electron chi connectivity index (χ0n) is 12.5. The maximum Gasteiger partial charge on any atom is 0.307 e. The number of hydrogen-bond donors (Lipinski definition) is 1. The Morgan fingerprint density at radius 3 is 2.59 bits per heavy atom. The Labute approximate surface area is 128 Å². The van der Waals surface area contributed by atoms with E-state index in [-0.39, 0.29) is 11.7 Å². The van der Waals surface area contributed by atoms with Crippen LogP contribution < -0.4 is 5.43 Å². The van der Waals surface area contributed by atoms with Crippen LogP contribution in [0.4, 0.5) is 0 Å². The van der Waals surface area contributed by atoms with Crippen molar-refractivity contribution in [2.45, 2.75) is 13.8 Å². The summed E-state index contributed by atoms with van der Waals surface area (Å²) in [6.07, 6.45) is 0. The van der Waals surface area contributed by atoms with Gasteiger partial charge in [0.1, 0.15) is 5.76 Å². The number of amides is 1. The molecule has 3 aromatic rings. The molecular weight excluding hydrogens is 276 g/mol. The molecule has 0 aliphatic heterocycles. The van der Waals surface area contributed by atoms with Gasteiger partial charge in [-0.05, 0) is 36.8 Å². The van der Waals surface area contributed by atoms with E-state index in [2.05, 4.69) is 22.7 Å². The Morgan fingerprint density at radius 2 is 1.82 bits per heavy atom. The Kier molecular flexibility index (Phi) is 3.74. The van der Waals surface area contributed by atoms with Crippen LogP contribution in [0.15, 0.2) is 64.1 Å². The predicted octanol–water partition coefficient (Wildman–Crippen LogP) is 3.90. The van der Waals surface area contributed by atoms with Gasteiger partial charge in [0.05, 0.1) is 5.71 Å². The lowest BCUT2D eigenvalue weighted by Crippen LogP contribution is -2.18. The second-order valence-electron chi connectivity index (χ2n) is 5.08. The van der Waals surface area contributed by atoms with Crippen LogP contribution in [0.3, 0.4) is 0 Å². The highest BCUT2D eigenvalue weighted by Gasteiger charge is 2.09. The molecule has 1 amide bonds. The molecule has 0 spiro atoms. The fraction of sp³-hybridized carbons (Fsp3) is 0.111. The number of hydrazone groups is 1. The quantitative estimate of drug-likeness (QED) is 0.588. The zero-order chi connectivity index (χ0) is 15.5. The van der Waals surface area contributed by atoms with Crippen LogP contribution in [0.2, 0.25) is 0 Å². The van der Waals surface area contributed by atoms with Gasteiger partial charge in [-0.2, -0.15) is 5.10 Å². The van der Waals surface area contributed by atoms with Crippen molar-refractivity contribution < 1.29 is 9.21 Å². The third-order valence-electron chi connectivity index (χ3n) is 3.47. The number of aryl methyl sites for hydroxylation is 1. The molecular formula is C18H16N2O2. The van der Waals surface area contributed by atoms with Crippen molar-refractivity contribution in [1.29, 1.82) is 0 Å². The van der Waals surface area contributed by atoms with E-state index in [1.807, 2.05) is 37.3 Å². The number of hydrogen-bond acceptors (Lipinski definition) is 3. The molecule has 0 fully saturated rings. The summed E-state index contributed by atoms with van der Waals surface area (Å²) < 4.78 is 5.27. The molecule has 0 saturated heterocycles. The van der Waals surface area contributed by atoms with E-state index in [4.69, 9.17) is 4.42 Å². The molecule has 3 rings (SSSR count). The third kappa shape index (κ3) is 2.76. The number of nitrogens with zero attached hydrogens (tertiary/aromatic N) is 1. The summed E-state index contributed by atoms with van der Waals surface area (Å²) >= 11 is 0. The van der Waals surface area contributed by atoms with Gasteiger partial charge < -0.3 is 4.42 Å². The molecule has 1 aromatic heterocycles. The number of carbonyl (C=O) groups is 1. The highest BCUT2D eigenvalue weighted by molar-refractivity contribution is 6.10. The Hall–Kier alpha value is -2.88. The summed E-state index contributed by atoms with van der Waals surface area (Å²) in [5.74, 6) is 0.597. The minimum absolute atomic E-state index is 0.256. The molecule has 0 bridgehead atoms. The standard InChI is InChI=1S/C18H16N2O2/c1-12-10-11-17(22-12)18(21)20-19-13(2)15-9-5-7-14-6-3-4-8-16(14)15/h3-11H,1-2H3,(H,20,21)/b19-13-. The highest BCUT2D eigenvalue weighted by Crippen LogP contribution is 2.19. The summed E-state index contributed by atoms with van der Waals surface area (Å²) in [7, 11) is 0. The SMILES string of the molecule is C/C(=N/NC(=O)c1ccc(C)o1)c1cccc2ccccc12. The molecule has 22 heavy (non-hydrogen) atoms. The van der Waals surface area contributed by atoms with Gasteiger partial charge in [0.15, 0.2) is 5.76 Å². The molecule has 0 atom stereocenters. The number of furan rings is 1. The molecule has 4 heteroatoms. The summed E-state index contributed by atoms with van der Waals surface area (Å²) in [6, 6.07) is 17.5. The summed E-state index contributed by atoms with van der Waals surface area (Å²) in [4.78, 5) is 11.9. The van der Waals surface area contributed by atoms with Crippen molar-refractivity contribution in [1.82, 2.24) is 5.43 Å². The van der Waals surface area contributed by atoms with Gasteiger partial charge >= 0.3 is 5.91 Å². The van der Waals surface area contributed by atoms with E-state index in [0.717, 1.165) is 22.0 Å². The summed E-state index contributed by atoms with van der Waals surface area (Å²) in [6.45, 7) is 3.66. The smallest absolute Gasteiger partial charge is 0.307 e.